The van der Waals surface area contributed by atoms with Gasteiger partial charge in [-0.3, -0.25) is 9.78 Å². The summed E-state index contributed by atoms with van der Waals surface area (Å²) in [5.41, 5.74) is 6.23. The third kappa shape index (κ3) is 3.77. The van der Waals surface area contributed by atoms with Crippen LogP contribution in [-0.2, 0) is 13.0 Å². The number of benzene rings is 2. The van der Waals surface area contributed by atoms with E-state index in [0.29, 0.717) is 18.2 Å². The molecule has 0 atom stereocenters. The molecule has 0 saturated heterocycles. The number of hydrogen-bond acceptors (Lipinski definition) is 3. The van der Waals surface area contributed by atoms with Gasteiger partial charge in [0.25, 0.3) is 5.91 Å². The van der Waals surface area contributed by atoms with Gasteiger partial charge < -0.3 is 10.2 Å². The third-order valence-electron chi connectivity index (χ3n) is 5.26. The van der Waals surface area contributed by atoms with E-state index in [9.17, 15) is 4.79 Å². The summed E-state index contributed by atoms with van der Waals surface area (Å²) in [5, 5.41) is 3.46. The first-order chi connectivity index (χ1) is 13.6. The lowest BCUT2D eigenvalue weighted by atomic mass is 9.99. The van der Waals surface area contributed by atoms with Gasteiger partial charge in [0.2, 0.25) is 0 Å². The topological polar surface area (TPSA) is 45.2 Å². The van der Waals surface area contributed by atoms with E-state index in [0.717, 1.165) is 24.3 Å². The highest BCUT2D eigenvalue weighted by Gasteiger charge is 2.22. The molecule has 4 heteroatoms. The molecule has 0 aliphatic carbocycles. The van der Waals surface area contributed by atoms with Crippen molar-refractivity contribution in [1.82, 2.24) is 9.88 Å². The maximum Gasteiger partial charge on any atom is 0.272 e. The SMILES string of the molecule is CC(C)c1ccccc1Nc1ccnc(C(=O)N2CCc3ccccc3C2)c1. The Kier molecular flexibility index (Phi) is 5.11. The molecule has 1 N–H and O–H groups in total. The zero-order valence-corrected chi connectivity index (χ0v) is 16.4. The zero-order valence-electron chi connectivity index (χ0n) is 16.4. The second-order valence-corrected chi connectivity index (χ2v) is 7.54. The first-order valence-electron chi connectivity index (χ1n) is 9.80. The first-order valence-corrected chi connectivity index (χ1v) is 9.80. The molecule has 2 heterocycles. The Labute approximate surface area is 166 Å². The Morgan fingerprint density at radius 3 is 2.61 bits per heavy atom. The average Bonchev–Trinajstić information content (AvgIpc) is 2.73. The van der Waals surface area contributed by atoms with E-state index in [2.05, 4.69) is 60.5 Å². The summed E-state index contributed by atoms with van der Waals surface area (Å²) in [6, 6.07) is 20.4. The highest BCUT2D eigenvalue weighted by molar-refractivity contribution is 5.93. The number of fused-ring (bicyclic) bond motifs is 1. The van der Waals surface area contributed by atoms with Crippen LogP contribution >= 0.6 is 0 Å². The van der Waals surface area contributed by atoms with Crippen molar-refractivity contribution >= 4 is 17.3 Å². The van der Waals surface area contributed by atoms with Gasteiger partial charge in [0.05, 0.1) is 0 Å². The molecule has 4 nitrogen and oxygen atoms in total. The van der Waals surface area contributed by atoms with E-state index in [-0.39, 0.29) is 5.91 Å². The van der Waals surface area contributed by atoms with Gasteiger partial charge >= 0.3 is 0 Å². The smallest absolute Gasteiger partial charge is 0.272 e. The summed E-state index contributed by atoms with van der Waals surface area (Å²) in [6.45, 7) is 5.72. The van der Waals surface area contributed by atoms with E-state index in [1.165, 1.54) is 16.7 Å². The van der Waals surface area contributed by atoms with Crippen LogP contribution in [0.4, 0.5) is 11.4 Å². The molecule has 4 rings (SSSR count). The van der Waals surface area contributed by atoms with Crippen molar-refractivity contribution in [3.63, 3.8) is 0 Å². The summed E-state index contributed by atoms with van der Waals surface area (Å²) < 4.78 is 0. The number of nitrogens with one attached hydrogen (secondary N) is 1. The van der Waals surface area contributed by atoms with Crippen LogP contribution < -0.4 is 5.32 Å². The van der Waals surface area contributed by atoms with E-state index in [4.69, 9.17) is 0 Å². The number of pyridine rings is 1. The minimum absolute atomic E-state index is 0.0182. The number of hydrogen-bond donors (Lipinski definition) is 1. The van der Waals surface area contributed by atoms with E-state index < -0.39 is 0 Å². The monoisotopic (exact) mass is 371 g/mol. The van der Waals surface area contributed by atoms with Gasteiger partial charge in [-0.15, -0.1) is 0 Å². The van der Waals surface area contributed by atoms with E-state index >= 15 is 0 Å². The first kappa shape index (κ1) is 18.2. The van der Waals surface area contributed by atoms with Crippen LogP contribution in [0.1, 0.15) is 46.9 Å². The van der Waals surface area contributed by atoms with Crippen molar-refractivity contribution in [3.05, 3.63) is 89.2 Å². The molecule has 0 unspecified atom stereocenters. The predicted molar refractivity (Wildman–Crippen MR) is 113 cm³/mol. The van der Waals surface area contributed by atoms with Gasteiger partial charge in [-0.1, -0.05) is 56.3 Å². The highest BCUT2D eigenvalue weighted by atomic mass is 16.2. The molecule has 0 saturated carbocycles. The average molecular weight is 371 g/mol. The highest BCUT2D eigenvalue weighted by Crippen LogP contribution is 2.27. The quantitative estimate of drug-likeness (QED) is 0.690. The van der Waals surface area contributed by atoms with Crippen molar-refractivity contribution in [2.24, 2.45) is 0 Å². The number of anilines is 2. The molecule has 0 fully saturated rings. The van der Waals surface area contributed by atoms with Crippen LogP contribution in [0.15, 0.2) is 66.9 Å². The normalized spacial score (nSPS) is 13.3. The number of carbonyl (C=O) groups is 1. The molecule has 1 aromatic heterocycles. The zero-order chi connectivity index (χ0) is 19.5. The van der Waals surface area contributed by atoms with Crippen molar-refractivity contribution in [1.29, 1.82) is 0 Å². The van der Waals surface area contributed by atoms with Crippen molar-refractivity contribution in [2.45, 2.75) is 32.7 Å². The lowest BCUT2D eigenvalue weighted by molar-refractivity contribution is 0.0729. The molecule has 2 aromatic carbocycles. The van der Waals surface area contributed by atoms with Crippen molar-refractivity contribution in [3.8, 4) is 0 Å². The Morgan fingerprint density at radius 2 is 1.79 bits per heavy atom. The Bertz CT molecular complexity index is 996. The number of carbonyl (C=O) groups excluding carboxylic acids is 1. The van der Waals surface area contributed by atoms with E-state index in [1.807, 2.05) is 29.2 Å². The largest absolute Gasteiger partial charge is 0.355 e. The minimum Gasteiger partial charge on any atom is -0.355 e. The maximum absolute atomic E-state index is 13.0. The van der Waals surface area contributed by atoms with Gasteiger partial charge in [0, 0.05) is 30.7 Å². The Hall–Kier alpha value is -3.14. The molecule has 3 aromatic rings. The lowest BCUT2D eigenvalue weighted by Crippen LogP contribution is -2.36. The van der Waals surface area contributed by atoms with Crippen LogP contribution in [0, 0.1) is 0 Å². The fraction of sp³-hybridized carbons (Fsp3) is 0.250. The molecule has 0 spiro atoms. The molecule has 0 bridgehead atoms. The molecule has 1 aliphatic heterocycles. The van der Waals surface area contributed by atoms with Crippen molar-refractivity contribution in [2.75, 3.05) is 11.9 Å². The number of rotatable bonds is 4. The fourth-order valence-corrected chi connectivity index (χ4v) is 3.73. The van der Waals surface area contributed by atoms with Gasteiger partial charge in [-0.25, -0.2) is 0 Å². The van der Waals surface area contributed by atoms with Crippen LogP contribution in [0.3, 0.4) is 0 Å². The summed E-state index contributed by atoms with van der Waals surface area (Å²) in [6.07, 6.45) is 2.59. The summed E-state index contributed by atoms with van der Waals surface area (Å²) in [4.78, 5) is 19.2. The maximum atomic E-state index is 13.0. The number of nitrogens with zero attached hydrogens (tertiary/aromatic N) is 2. The Morgan fingerprint density at radius 1 is 1.04 bits per heavy atom. The van der Waals surface area contributed by atoms with Crippen LogP contribution in [0.5, 0.6) is 0 Å². The molecule has 1 aliphatic rings. The van der Waals surface area contributed by atoms with Crippen LogP contribution in [0.2, 0.25) is 0 Å². The summed E-state index contributed by atoms with van der Waals surface area (Å²) >= 11 is 0. The summed E-state index contributed by atoms with van der Waals surface area (Å²) in [5.74, 6) is 0.398. The second-order valence-electron chi connectivity index (χ2n) is 7.54. The predicted octanol–water partition coefficient (Wildman–Crippen LogP) is 5.15. The molecule has 0 radical (unpaired) electrons. The van der Waals surface area contributed by atoms with Gasteiger partial charge in [-0.05, 0) is 47.2 Å². The number of aromatic nitrogens is 1. The van der Waals surface area contributed by atoms with Crippen LogP contribution in [-0.4, -0.2) is 22.3 Å². The van der Waals surface area contributed by atoms with Gasteiger partial charge in [-0.2, -0.15) is 0 Å². The van der Waals surface area contributed by atoms with E-state index in [1.54, 1.807) is 6.20 Å². The van der Waals surface area contributed by atoms with Crippen molar-refractivity contribution < 1.29 is 4.79 Å². The van der Waals surface area contributed by atoms with Gasteiger partial charge in [0.15, 0.2) is 0 Å². The molecular weight excluding hydrogens is 346 g/mol. The minimum atomic E-state index is -0.0182. The molecular formula is C24H25N3O. The lowest BCUT2D eigenvalue weighted by Gasteiger charge is -2.28. The summed E-state index contributed by atoms with van der Waals surface area (Å²) in [7, 11) is 0. The van der Waals surface area contributed by atoms with Crippen LogP contribution in [0.25, 0.3) is 0 Å². The molecule has 28 heavy (non-hydrogen) atoms. The Balaban J connectivity index is 1.54. The van der Waals surface area contributed by atoms with Gasteiger partial charge in [0.1, 0.15) is 5.69 Å². The number of amides is 1. The standard InChI is InChI=1S/C24H25N3O/c1-17(2)21-9-5-6-10-22(21)26-20-11-13-25-23(15-20)24(28)27-14-12-18-7-3-4-8-19(18)16-27/h3-11,13,15,17H,12,14,16H2,1-2H3,(H,25,26). The molecule has 1 amide bonds. The molecule has 142 valence electrons. The third-order valence-corrected chi connectivity index (χ3v) is 5.26. The number of para-hydroxylation sites is 1. The fourth-order valence-electron chi connectivity index (χ4n) is 3.73. The second kappa shape index (κ2) is 7.85.